The molecule has 0 saturated carbocycles. The summed E-state index contributed by atoms with van der Waals surface area (Å²) in [4.78, 5) is 52.2. The number of ether oxygens (including phenoxy) is 2. The zero-order chi connectivity index (χ0) is 28.5. The van der Waals surface area contributed by atoms with Crippen molar-refractivity contribution in [2.75, 3.05) is 13.7 Å². The Bertz CT molecular complexity index is 1200. The van der Waals surface area contributed by atoms with Gasteiger partial charge < -0.3 is 25.2 Å². The summed E-state index contributed by atoms with van der Waals surface area (Å²) >= 11 is 0. The SMILES string of the molecule is C#CN(C(=O)C(Cc1ccccc1)NC(=O)OC(C)(C)C)C(C(=O)NCC(=O)OC)c1cccc(C)c1O. The van der Waals surface area contributed by atoms with Gasteiger partial charge in [-0.2, -0.15) is 0 Å². The third-order valence-electron chi connectivity index (χ3n) is 5.35. The summed E-state index contributed by atoms with van der Waals surface area (Å²) in [6, 6.07) is 13.0. The minimum atomic E-state index is -1.53. The molecule has 0 aliphatic carbocycles. The van der Waals surface area contributed by atoms with Crippen LogP contribution in [0.1, 0.15) is 43.5 Å². The third-order valence-corrected chi connectivity index (χ3v) is 5.35. The van der Waals surface area contributed by atoms with E-state index < -0.39 is 48.1 Å². The highest BCUT2D eigenvalue weighted by Crippen LogP contribution is 2.32. The second kappa shape index (κ2) is 13.1. The number of phenols is 1. The average molecular weight is 524 g/mol. The van der Waals surface area contributed by atoms with Crippen LogP contribution >= 0.6 is 0 Å². The first kappa shape index (κ1) is 29.7. The van der Waals surface area contributed by atoms with E-state index >= 15 is 0 Å². The number of aryl methyl sites for hydroxylation is 1. The molecule has 10 nitrogen and oxygen atoms in total. The number of nitrogens with zero attached hydrogens (tertiary/aromatic N) is 1. The van der Waals surface area contributed by atoms with Crippen LogP contribution in [0.5, 0.6) is 5.75 Å². The Morgan fingerprint density at radius 1 is 1.08 bits per heavy atom. The number of nitrogens with one attached hydrogen (secondary N) is 2. The van der Waals surface area contributed by atoms with Crippen LogP contribution < -0.4 is 10.6 Å². The lowest BCUT2D eigenvalue weighted by Gasteiger charge is -2.31. The van der Waals surface area contributed by atoms with Crippen LogP contribution in [0.3, 0.4) is 0 Å². The first-order valence-electron chi connectivity index (χ1n) is 11.8. The van der Waals surface area contributed by atoms with E-state index in [-0.39, 0.29) is 17.7 Å². The molecule has 0 aromatic heterocycles. The van der Waals surface area contributed by atoms with E-state index in [9.17, 15) is 24.3 Å². The number of para-hydroxylation sites is 1. The van der Waals surface area contributed by atoms with Gasteiger partial charge in [0.15, 0.2) is 6.04 Å². The molecule has 2 aromatic rings. The molecule has 202 valence electrons. The molecule has 0 heterocycles. The Hall–Kier alpha value is -4.52. The van der Waals surface area contributed by atoms with Crippen LogP contribution in [-0.2, 0) is 30.3 Å². The number of methoxy groups -OCH3 is 1. The molecule has 2 atom stereocenters. The van der Waals surface area contributed by atoms with E-state index in [1.807, 2.05) is 0 Å². The maximum atomic E-state index is 13.8. The monoisotopic (exact) mass is 523 g/mol. The highest BCUT2D eigenvalue weighted by Gasteiger charge is 2.37. The van der Waals surface area contributed by atoms with Crippen molar-refractivity contribution in [3.63, 3.8) is 0 Å². The third kappa shape index (κ3) is 8.27. The minimum absolute atomic E-state index is 0.0351. The first-order chi connectivity index (χ1) is 17.9. The molecule has 38 heavy (non-hydrogen) atoms. The lowest BCUT2D eigenvalue weighted by molar-refractivity contribution is -0.142. The van der Waals surface area contributed by atoms with Gasteiger partial charge in [0.05, 0.1) is 7.11 Å². The molecule has 3 N–H and O–H groups in total. The fraction of sp³-hybridized carbons (Fsp3) is 0.357. The zero-order valence-electron chi connectivity index (χ0n) is 22.1. The van der Waals surface area contributed by atoms with Crippen LogP contribution in [0.4, 0.5) is 4.79 Å². The second-order valence-electron chi connectivity index (χ2n) is 9.44. The van der Waals surface area contributed by atoms with Gasteiger partial charge in [-0.05, 0) is 38.8 Å². The van der Waals surface area contributed by atoms with E-state index in [2.05, 4.69) is 21.4 Å². The van der Waals surface area contributed by atoms with Gasteiger partial charge in [-0.15, -0.1) is 0 Å². The van der Waals surface area contributed by atoms with Crippen molar-refractivity contribution >= 4 is 23.9 Å². The molecule has 0 spiro atoms. The molecule has 2 rings (SSSR count). The number of carbonyl (C=O) groups excluding carboxylic acids is 4. The maximum Gasteiger partial charge on any atom is 0.408 e. The molecule has 0 aliphatic rings. The lowest BCUT2D eigenvalue weighted by Crippen LogP contribution is -2.52. The van der Waals surface area contributed by atoms with Gasteiger partial charge in [0, 0.05) is 18.0 Å². The molecule has 0 aliphatic heterocycles. The van der Waals surface area contributed by atoms with Crippen LogP contribution in [0.25, 0.3) is 0 Å². The summed E-state index contributed by atoms with van der Waals surface area (Å²) in [5.74, 6) is -2.61. The summed E-state index contributed by atoms with van der Waals surface area (Å²) in [6.45, 7) is 6.16. The fourth-order valence-corrected chi connectivity index (χ4v) is 3.56. The number of amides is 3. The lowest BCUT2D eigenvalue weighted by atomic mass is 9.98. The number of alkyl carbamates (subject to hydrolysis) is 1. The largest absolute Gasteiger partial charge is 0.507 e. The number of phenolic OH excluding ortho intramolecular Hbond substituents is 1. The van der Waals surface area contributed by atoms with Crippen molar-refractivity contribution in [3.8, 4) is 18.2 Å². The summed E-state index contributed by atoms with van der Waals surface area (Å²) < 4.78 is 9.90. The number of aromatic hydroxyl groups is 1. The molecular weight excluding hydrogens is 490 g/mol. The van der Waals surface area contributed by atoms with E-state index in [0.29, 0.717) is 11.1 Å². The molecular formula is C28H33N3O7. The highest BCUT2D eigenvalue weighted by molar-refractivity contribution is 5.94. The average Bonchev–Trinajstić information content (AvgIpc) is 2.86. The summed E-state index contributed by atoms with van der Waals surface area (Å²) in [5, 5.41) is 15.7. The Morgan fingerprint density at radius 3 is 2.32 bits per heavy atom. The Kier molecular flexibility index (Phi) is 10.3. The van der Waals surface area contributed by atoms with Gasteiger partial charge in [0.1, 0.15) is 23.9 Å². The Morgan fingerprint density at radius 2 is 1.74 bits per heavy atom. The van der Waals surface area contributed by atoms with Crippen molar-refractivity contribution in [3.05, 3.63) is 65.2 Å². The zero-order valence-corrected chi connectivity index (χ0v) is 22.1. The van der Waals surface area contributed by atoms with Crippen LogP contribution in [-0.4, -0.2) is 59.2 Å². The van der Waals surface area contributed by atoms with E-state index in [4.69, 9.17) is 11.2 Å². The molecule has 2 aromatic carbocycles. The molecule has 0 fully saturated rings. The van der Waals surface area contributed by atoms with Crippen molar-refractivity contribution < 1.29 is 33.8 Å². The first-order valence-corrected chi connectivity index (χ1v) is 11.8. The molecule has 0 bridgehead atoms. The predicted octanol–water partition coefficient (Wildman–Crippen LogP) is 2.59. The highest BCUT2D eigenvalue weighted by atomic mass is 16.6. The number of rotatable bonds is 9. The van der Waals surface area contributed by atoms with Crippen molar-refractivity contribution in [2.24, 2.45) is 0 Å². The number of benzene rings is 2. The summed E-state index contributed by atoms with van der Waals surface area (Å²) in [7, 11) is 1.16. The van der Waals surface area contributed by atoms with Crippen molar-refractivity contribution in [2.45, 2.75) is 51.8 Å². The van der Waals surface area contributed by atoms with Gasteiger partial charge in [-0.1, -0.05) is 55.0 Å². The Labute approximate surface area is 222 Å². The summed E-state index contributed by atoms with van der Waals surface area (Å²) in [6.07, 6.45) is 4.92. The van der Waals surface area contributed by atoms with E-state index in [0.717, 1.165) is 12.0 Å². The molecule has 0 saturated heterocycles. The standard InChI is InChI=1S/C28H33N3O7/c1-7-31(23(25(34)29-17-22(32)37-6)20-15-11-12-18(2)24(20)33)26(35)21(16-19-13-9-8-10-14-19)30-27(36)38-28(3,4)5/h1,8-15,21,23,33H,16-17H2,2-6H3,(H,29,34)(H,30,36). The molecule has 10 heteroatoms. The van der Waals surface area contributed by atoms with Gasteiger partial charge in [0.25, 0.3) is 5.91 Å². The number of terminal acetylenes is 1. The second-order valence-corrected chi connectivity index (χ2v) is 9.44. The number of hydrogen-bond acceptors (Lipinski definition) is 7. The number of esters is 1. The van der Waals surface area contributed by atoms with E-state index in [1.54, 1.807) is 70.2 Å². The van der Waals surface area contributed by atoms with Crippen molar-refractivity contribution in [1.82, 2.24) is 15.5 Å². The number of hydrogen-bond donors (Lipinski definition) is 3. The summed E-state index contributed by atoms with van der Waals surface area (Å²) in [5.41, 5.74) is 0.351. The van der Waals surface area contributed by atoms with Gasteiger partial charge in [-0.3, -0.25) is 19.3 Å². The van der Waals surface area contributed by atoms with Crippen molar-refractivity contribution in [1.29, 1.82) is 0 Å². The van der Waals surface area contributed by atoms with Gasteiger partial charge in [-0.25, -0.2) is 4.79 Å². The molecule has 3 amide bonds. The number of carbonyl (C=O) groups is 4. The topological polar surface area (TPSA) is 134 Å². The Balaban J connectivity index is 2.52. The van der Waals surface area contributed by atoms with Crippen LogP contribution in [0.2, 0.25) is 0 Å². The minimum Gasteiger partial charge on any atom is -0.507 e. The smallest absolute Gasteiger partial charge is 0.408 e. The van der Waals surface area contributed by atoms with Crippen LogP contribution in [0, 0.1) is 19.4 Å². The maximum absolute atomic E-state index is 13.8. The molecule has 0 radical (unpaired) electrons. The fourth-order valence-electron chi connectivity index (χ4n) is 3.56. The van der Waals surface area contributed by atoms with Crippen LogP contribution in [0.15, 0.2) is 48.5 Å². The van der Waals surface area contributed by atoms with E-state index in [1.165, 1.54) is 6.07 Å². The van der Waals surface area contributed by atoms with Gasteiger partial charge >= 0.3 is 12.1 Å². The quantitative estimate of drug-likeness (QED) is 0.261. The predicted molar refractivity (Wildman–Crippen MR) is 140 cm³/mol. The van der Waals surface area contributed by atoms with Gasteiger partial charge in [0.2, 0.25) is 5.91 Å². The molecule has 2 unspecified atom stereocenters. The normalized spacial score (nSPS) is 12.3.